The molecular weight excluding hydrogens is 545 g/mol. The van der Waals surface area contributed by atoms with Gasteiger partial charge >= 0.3 is 6.18 Å². The van der Waals surface area contributed by atoms with Crippen molar-refractivity contribution in [2.75, 3.05) is 21.1 Å². The van der Waals surface area contributed by atoms with Crippen LogP contribution in [-0.2, 0) is 27.0 Å². The van der Waals surface area contributed by atoms with Gasteiger partial charge in [-0.3, -0.25) is 29.0 Å². The van der Waals surface area contributed by atoms with Crippen LogP contribution in [0.3, 0.4) is 0 Å². The molecule has 5 rings (SSSR count). The Morgan fingerprint density at radius 3 is 2.37 bits per heavy atom. The Balaban J connectivity index is 1.68. The zero-order valence-corrected chi connectivity index (χ0v) is 23.1. The molecule has 10 nitrogen and oxygen atoms in total. The smallest absolute Gasteiger partial charge is 0.417 e. The number of aliphatic hydroxyl groups is 1. The quantitative estimate of drug-likeness (QED) is 0.392. The Kier molecular flexibility index (Phi) is 6.75. The Morgan fingerprint density at radius 1 is 1.22 bits per heavy atom. The fourth-order valence-electron chi connectivity index (χ4n) is 7.85. The summed E-state index contributed by atoms with van der Waals surface area (Å²) in [5, 5.41) is 31.2. The lowest BCUT2D eigenvalue weighted by molar-refractivity contribution is -0.157. The van der Waals surface area contributed by atoms with Crippen molar-refractivity contribution in [1.29, 1.82) is 5.41 Å². The van der Waals surface area contributed by atoms with Crippen LogP contribution in [-0.4, -0.2) is 87.8 Å². The van der Waals surface area contributed by atoms with E-state index in [0.717, 1.165) is 6.07 Å². The maximum absolute atomic E-state index is 14.8. The maximum Gasteiger partial charge on any atom is 0.417 e. The summed E-state index contributed by atoms with van der Waals surface area (Å²) in [4.78, 5) is 56.3. The van der Waals surface area contributed by atoms with Gasteiger partial charge in [-0.2, -0.15) is 13.2 Å². The highest BCUT2D eigenvalue weighted by Crippen LogP contribution is 2.54. The molecule has 4 aliphatic rings. The highest BCUT2D eigenvalue weighted by atomic mass is 19.4. The number of Topliss-reactive ketones (excluding diaryl/α,β-unsaturated/α-hetero) is 3. The van der Waals surface area contributed by atoms with Gasteiger partial charge in [-0.25, -0.2) is 0 Å². The number of fused-ring (bicyclic) bond motifs is 3. The zero-order chi connectivity index (χ0) is 30.5. The number of hydrogen-bond acceptors (Lipinski definition) is 9. The first-order chi connectivity index (χ1) is 18.9. The lowest BCUT2D eigenvalue weighted by Crippen LogP contribution is -2.73. The first kappa shape index (κ1) is 29.3. The molecule has 8 atom stereocenters. The number of rotatable bonds is 3. The van der Waals surface area contributed by atoms with E-state index in [0.29, 0.717) is 12.8 Å². The van der Waals surface area contributed by atoms with Gasteiger partial charge in [-0.05, 0) is 76.9 Å². The number of ketones is 3. The van der Waals surface area contributed by atoms with Crippen molar-refractivity contribution in [2.45, 2.75) is 62.5 Å². The zero-order valence-electron chi connectivity index (χ0n) is 23.1. The molecule has 1 saturated heterocycles. The predicted molar refractivity (Wildman–Crippen MR) is 138 cm³/mol. The molecule has 1 aliphatic heterocycles. The van der Waals surface area contributed by atoms with Crippen molar-refractivity contribution >= 4 is 29.0 Å². The third-order valence-electron chi connectivity index (χ3n) is 9.84. The normalized spacial score (nSPS) is 35.9. The molecule has 3 fully saturated rings. The number of phenols is 1. The van der Waals surface area contributed by atoms with E-state index in [1.165, 1.54) is 19.0 Å². The molecular formula is C28H33F3N4O6. The number of carbonyl (C=O) groups excluding carboxylic acids is 4. The summed E-state index contributed by atoms with van der Waals surface area (Å²) < 4.78 is 44.3. The number of nitrogens with zero attached hydrogens (tertiary/aromatic N) is 2. The molecule has 0 radical (unpaired) electrons. The SMILES string of the molecule is CC1CCC(c2cc(O)c3c(c2C(F)(F)F)CC2CC4C(N(C)C)C(=O)C(C(N)=O)C(=N)C4(O)C(=O)C2C3=O)N1C. The van der Waals surface area contributed by atoms with Crippen LogP contribution < -0.4 is 5.73 Å². The van der Waals surface area contributed by atoms with Crippen molar-refractivity contribution in [2.24, 2.45) is 29.4 Å². The number of amides is 1. The van der Waals surface area contributed by atoms with E-state index in [4.69, 9.17) is 11.1 Å². The largest absolute Gasteiger partial charge is 0.507 e. The minimum atomic E-state index is -4.88. The number of nitrogens with one attached hydrogen (secondary N) is 1. The summed E-state index contributed by atoms with van der Waals surface area (Å²) in [6.07, 6.45) is -4.47. The Hall–Kier alpha value is -3.16. The van der Waals surface area contributed by atoms with Gasteiger partial charge in [0.05, 0.1) is 28.8 Å². The summed E-state index contributed by atoms with van der Waals surface area (Å²) in [5.41, 5.74) is -0.471. The number of halogens is 3. The van der Waals surface area contributed by atoms with Gasteiger partial charge in [0.1, 0.15) is 11.7 Å². The van der Waals surface area contributed by atoms with E-state index in [1.54, 1.807) is 11.9 Å². The molecule has 0 bridgehead atoms. The topological polar surface area (TPSA) is 165 Å². The van der Waals surface area contributed by atoms with Gasteiger partial charge in [0.25, 0.3) is 0 Å². The molecule has 1 amide bonds. The molecule has 0 spiro atoms. The number of benzene rings is 1. The van der Waals surface area contributed by atoms with Crippen LogP contribution in [0.15, 0.2) is 6.07 Å². The van der Waals surface area contributed by atoms with Crippen LogP contribution in [0.4, 0.5) is 13.2 Å². The second-order valence-electron chi connectivity index (χ2n) is 12.2. The lowest BCUT2D eigenvalue weighted by atomic mass is 9.52. The molecule has 5 N–H and O–H groups in total. The van der Waals surface area contributed by atoms with Crippen LogP contribution in [0.1, 0.15) is 59.3 Å². The van der Waals surface area contributed by atoms with E-state index in [9.17, 15) is 42.6 Å². The van der Waals surface area contributed by atoms with Gasteiger partial charge in [-0.1, -0.05) is 0 Å². The average molecular weight is 579 g/mol. The van der Waals surface area contributed by atoms with Crippen LogP contribution in [0.2, 0.25) is 0 Å². The molecule has 1 heterocycles. The average Bonchev–Trinajstić information content (AvgIpc) is 3.17. The van der Waals surface area contributed by atoms with Gasteiger partial charge < -0.3 is 21.4 Å². The summed E-state index contributed by atoms with van der Waals surface area (Å²) in [6, 6.07) is -0.950. The molecule has 41 heavy (non-hydrogen) atoms. The van der Waals surface area contributed by atoms with Gasteiger partial charge in [0.2, 0.25) is 5.91 Å². The highest BCUT2D eigenvalue weighted by molar-refractivity contribution is 6.33. The molecule has 8 unspecified atom stereocenters. The Bertz CT molecular complexity index is 1390. The van der Waals surface area contributed by atoms with Crippen molar-refractivity contribution in [1.82, 2.24) is 9.80 Å². The molecule has 2 saturated carbocycles. The van der Waals surface area contributed by atoms with Crippen molar-refractivity contribution < 1.29 is 42.6 Å². The summed E-state index contributed by atoms with van der Waals surface area (Å²) >= 11 is 0. The highest BCUT2D eigenvalue weighted by Gasteiger charge is 2.68. The number of aromatic hydroxyl groups is 1. The molecule has 13 heteroatoms. The third kappa shape index (κ3) is 3.99. The molecule has 3 aliphatic carbocycles. The number of primary amides is 1. The number of nitrogens with two attached hydrogens (primary N) is 1. The third-order valence-corrected chi connectivity index (χ3v) is 9.84. The second kappa shape index (κ2) is 9.43. The molecule has 1 aromatic carbocycles. The molecule has 1 aromatic rings. The monoisotopic (exact) mass is 578 g/mol. The maximum atomic E-state index is 14.8. The van der Waals surface area contributed by atoms with Gasteiger partial charge in [-0.15, -0.1) is 0 Å². The van der Waals surface area contributed by atoms with Crippen LogP contribution in [0.25, 0.3) is 0 Å². The fraction of sp³-hybridized carbons (Fsp3) is 0.607. The van der Waals surface area contributed by atoms with Crippen molar-refractivity contribution in [3.8, 4) is 5.75 Å². The lowest BCUT2D eigenvalue weighted by Gasteiger charge is -2.53. The van der Waals surface area contributed by atoms with Gasteiger partial charge in [0.15, 0.2) is 23.0 Å². The number of phenolic OH excluding ortho intramolecular Hbond substituents is 1. The van der Waals surface area contributed by atoms with Crippen molar-refractivity contribution in [3.05, 3.63) is 28.3 Å². The van der Waals surface area contributed by atoms with E-state index >= 15 is 0 Å². The van der Waals surface area contributed by atoms with Crippen molar-refractivity contribution in [3.63, 3.8) is 0 Å². The van der Waals surface area contributed by atoms with Gasteiger partial charge in [0, 0.05) is 18.0 Å². The standard InChI is InChI=1S/C28H33F3N4O6/c1-10-5-6-15(35(10)4)12-9-16(36)18-13(20(12)28(29,30)31)7-11-8-14-21(34(2)3)23(38)19(26(33)40)24(32)27(14,41)25(39)17(11)22(18)37/h9-11,14-15,17,19,21,32,36,41H,5-8H2,1-4H3,(H2,33,40). The molecule has 222 valence electrons. The Morgan fingerprint density at radius 2 is 1.85 bits per heavy atom. The van der Waals surface area contributed by atoms with Crippen LogP contribution in [0.5, 0.6) is 5.75 Å². The number of likely N-dealkylation sites (N-methyl/N-ethyl adjacent to an activating group) is 1. The Labute approximate surface area is 234 Å². The summed E-state index contributed by atoms with van der Waals surface area (Å²) in [6.45, 7) is 1.89. The number of hydrogen-bond donors (Lipinski definition) is 4. The number of alkyl halides is 3. The van der Waals surface area contributed by atoms with Crippen LogP contribution >= 0.6 is 0 Å². The fourth-order valence-corrected chi connectivity index (χ4v) is 7.85. The minimum absolute atomic E-state index is 0.00488. The first-order valence-electron chi connectivity index (χ1n) is 13.5. The van der Waals surface area contributed by atoms with E-state index < -0.39 is 105 Å². The predicted octanol–water partition coefficient (Wildman–Crippen LogP) is 1.49. The van der Waals surface area contributed by atoms with E-state index in [2.05, 4.69) is 0 Å². The number of likely N-dealkylation sites (tertiary alicyclic amines) is 1. The second-order valence-corrected chi connectivity index (χ2v) is 12.2. The number of carbonyl (C=O) groups is 4. The summed E-state index contributed by atoms with van der Waals surface area (Å²) in [5.74, 6) is -10.9. The summed E-state index contributed by atoms with van der Waals surface area (Å²) in [7, 11) is 4.65. The first-order valence-corrected chi connectivity index (χ1v) is 13.5. The minimum Gasteiger partial charge on any atom is -0.507 e. The van der Waals surface area contributed by atoms with Crippen LogP contribution in [0, 0.1) is 29.1 Å². The van der Waals surface area contributed by atoms with E-state index in [-0.39, 0.29) is 18.0 Å². The molecule has 0 aromatic heterocycles. The van der Waals surface area contributed by atoms with E-state index in [1.807, 2.05) is 6.92 Å².